The molecule has 0 aromatic heterocycles. The van der Waals surface area contributed by atoms with Crippen LogP contribution in [0.4, 0.5) is 5.69 Å². The summed E-state index contributed by atoms with van der Waals surface area (Å²) in [6.45, 7) is 0. The molecule has 1 aromatic carbocycles. The molecule has 0 radical (unpaired) electrons. The molecule has 1 aromatic rings. The van der Waals surface area contributed by atoms with Crippen LogP contribution in [0.1, 0.15) is 5.56 Å². The number of carbonyl (C=O) groups is 1. The van der Waals surface area contributed by atoms with E-state index in [4.69, 9.17) is 5.11 Å². The Morgan fingerprint density at radius 1 is 1.50 bits per heavy atom. The average molecular weight is 243 g/mol. The van der Waals surface area contributed by atoms with E-state index in [1.54, 1.807) is 6.07 Å². The second kappa shape index (κ2) is 5.36. The zero-order chi connectivity index (χ0) is 12.1. The van der Waals surface area contributed by atoms with E-state index in [-0.39, 0.29) is 11.4 Å². The second-order valence-corrected chi connectivity index (χ2v) is 4.51. The van der Waals surface area contributed by atoms with Crippen LogP contribution in [-0.4, -0.2) is 26.0 Å². The van der Waals surface area contributed by atoms with Crippen molar-refractivity contribution in [2.24, 2.45) is 0 Å². The lowest BCUT2D eigenvalue weighted by Gasteiger charge is -1.99. The fourth-order valence-corrected chi connectivity index (χ4v) is 2.06. The predicted octanol–water partition coefficient (Wildman–Crippen LogP) is 0.928. The van der Waals surface area contributed by atoms with Crippen molar-refractivity contribution in [1.29, 1.82) is 0 Å². The van der Waals surface area contributed by atoms with Crippen LogP contribution in [0.15, 0.2) is 24.3 Å². The third-order valence-corrected chi connectivity index (χ3v) is 2.96. The van der Waals surface area contributed by atoms with E-state index in [1.807, 2.05) is 0 Å². The van der Waals surface area contributed by atoms with Crippen LogP contribution in [0.5, 0.6) is 0 Å². The van der Waals surface area contributed by atoms with Gasteiger partial charge in [-0.3, -0.25) is 19.1 Å². The summed E-state index contributed by atoms with van der Waals surface area (Å²) in [6.07, 6.45) is 0. The lowest BCUT2D eigenvalue weighted by Crippen LogP contribution is -2.10. The van der Waals surface area contributed by atoms with Crippen molar-refractivity contribution in [3.05, 3.63) is 39.9 Å². The van der Waals surface area contributed by atoms with Crippen molar-refractivity contribution >= 4 is 22.5 Å². The normalized spacial score (nSPS) is 12.0. The van der Waals surface area contributed by atoms with Gasteiger partial charge in [-0.1, -0.05) is 12.1 Å². The average Bonchev–Trinajstić information content (AvgIpc) is 2.16. The van der Waals surface area contributed by atoms with Crippen LogP contribution >= 0.6 is 0 Å². The standard InChI is InChI=1S/C9H9NO5S/c11-9(12)6-16(15)5-7-2-1-3-8(4-7)10(13)14/h1-4H,5-6H2,(H,11,12). The molecule has 0 heterocycles. The fourth-order valence-electron chi connectivity index (χ4n) is 1.13. The largest absolute Gasteiger partial charge is 0.481 e. The van der Waals surface area contributed by atoms with Gasteiger partial charge in [-0.15, -0.1) is 0 Å². The fraction of sp³-hybridized carbons (Fsp3) is 0.222. The maximum absolute atomic E-state index is 11.3. The topological polar surface area (TPSA) is 97.5 Å². The number of carboxylic acid groups (broad SMARTS) is 1. The molecule has 86 valence electrons. The third-order valence-electron chi connectivity index (χ3n) is 1.73. The Morgan fingerprint density at radius 3 is 2.75 bits per heavy atom. The first kappa shape index (κ1) is 12.3. The molecule has 1 rings (SSSR count). The van der Waals surface area contributed by atoms with Crippen LogP contribution in [-0.2, 0) is 21.3 Å². The summed E-state index contributed by atoms with van der Waals surface area (Å²) < 4.78 is 11.3. The first-order valence-electron chi connectivity index (χ1n) is 4.29. The highest BCUT2D eigenvalue weighted by molar-refractivity contribution is 7.84. The quantitative estimate of drug-likeness (QED) is 0.612. The number of hydrogen-bond acceptors (Lipinski definition) is 4. The number of rotatable bonds is 5. The summed E-state index contributed by atoms with van der Waals surface area (Å²) in [5.41, 5.74) is 0.401. The molecular weight excluding hydrogens is 234 g/mol. The van der Waals surface area contributed by atoms with E-state index in [1.165, 1.54) is 18.2 Å². The highest BCUT2D eigenvalue weighted by Gasteiger charge is 2.10. The summed E-state index contributed by atoms with van der Waals surface area (Å²) >= 11 is 0. The molecular formula is C9H9NO5S. The van der Waals surface area contributed by atoms with Crippen LogP contribution in [0.2, 0.25) is 0 Å². The van der Waals surface area contributed by atoms with Gasteiger partial charge >= 0.3 is 5.97 Å². The van der Waals surface area contributed by atoms with Crippen LogP contribution in [0.25, 0.3) is 0 Å². The van der Waals surface area contributed by atoms with Gasteiger partial charge in [0.1, 0.15) is 5.75 Å². The van der Waals surface area contributed by atoms with Crippen molar-refractivity contribution in [3.8, 4) is 0 Å². The molecule has 0 saturated heterocycles. The Bertz CT molecular complexity index is 445. The van der Waals surface area contributed by atoms with E-state index >= 15 is 0 Å². The molecule has 0 saturated carbocycles. The molecule has 6 nitrogen and oxygen atoms in total. The van der Waals surface area contributed by atoms with Crippen LogP contribution in [0.3, 0.4) is 0 Å². The summed E-state index contributed by atoms with van der Waals surface area (Å²) in [5, 5.41) is 18.9. The Labute approximate surface area is 93.5 Å². The van der Waals surface area contributed by atoms with Crippen molar-refractivity contribution in [2.75, 3.05) is 5.75 Å². The number of benzene rings is 1. The molecule has 0 aliphatic heterocycles. The number of aliphatic carboxylic acids is 1. The summed E-state index contributed by atoms with van der Waals surface area (Å²) in [5.74, 6) is -1.60. The zero-order valence-electron chi connectivity index (χ0n) is 8.16. The monoisotopic (exact) mass is 243 g/mol. The molecule has 1 atom stereocenters. The van der Waals surface area contributed by atoms with Gasteiger partial charge in [0.15, 0.2) is 0 Å². The predicted molar refractivity (Wildman–Crippen MR) is 57.4 cm³/mol. The summed E-state index contributed by atoms with van der Waals surface area (Å²) in [7, 11) is -1.54. The van der Waals surface area contributed by atoms with Crippen LogP contribution in [0, 0.1) is 10.1 Å². The van der Waals surface area contributed by atoms with Crippen LogP contribution < -0.4 is 0 Å². The minimum Gasteiger partial charge on any atom is -0.481 e. The molecule has 0 amide bonds. The van der Waals surface area contributed by atoms with Crippen molar-refractivity contribution in [3.63, 3.8) is 0 Å². The maximum Gasteiger partial charge on any atom is 0.316 e. The Hall–Kier alpha value is -1.76. The highest BCUT2D eigenvalue weighted by atomic mass is 32.2. The van der Waals surface area contributed by atoms with Crippen molar-refractivity contribution in [2.45, 2.75) is 5.75 Å². The Morgan fingerprint density at radius 2 is 2.19 bits per heavy atom. The van der Waals surface area contributed by atoms with Crippen molar-refractivity contribution in [1.82, 2.24) is 0 Å². The minimum atomic E-state index is -1.54. The van der Waals surface area contributed by atoms with Gasteiger partial charge in [-0.05, 0) is 5.56 Å². The lowest BCUT2D eigenvalue weighted by atomic mass is 10.2. The zero-order valence-corrected chi connectivity index (χ0v) is 8.98. The second-order valence-electron chi connectivity index (χ2n) is 3.05. The Kier molecular flexibility index (Phi) is 4.12. The van der Waals surface area contributed by atoms with Crippen molar-refractivity contribution < 1.29 is 19.0 Å². The number of nitro groups is 1. The number of nitro benzene ring substituents is 1. The van der Waals surface area contributed by atoms with Gasteiger partial charge in [0.25, 0.3) is 5.69 Å². The molecule has 16 heavy (non-hydrogen) atoms. The molecule has 0 bridgehead atoms. The van der Waals surface area contributed by atoms with E-state index in [0.717, 1.165) is 0 Å². The van der Waals surface area contributed by atoms with E-state index < -0.39 is 27.4 Å². The molecule has 0 fully saturated rings. The number of non-ortho nitro benzene ring substituents is 1. The summed E-state index contributed by atoms with van der Waals surface area (Å²) in [4.78, 5) is 20.2. The first-order valence-corrected chi connectivity index (χ1v) is 5.78. The molecule has 1 unspecified atom stereocenters. The molecule has 7 heteroatoms. The number of carboxylic acids is 1. The van der Waals surface area contributed by atoms with Gasteiger partial charge < -0.3 is 5.11 Å². The van der Waals surface area contributed by atoms with E-state index in [2.05, 4.69) is 0 Å². The molecule has 0 aliphatic carbocycles. The van der Waals surface area contributed by atoms with Gasteiger partial charge in [-0.25, -0.2) is 0 Å². The SMILES string of the molecule is O=C(O)CS(=O)Cc1cccc([N+](=O)[O-])c1. The third kappa shape index (κ3) is 3.77. The number of nitrogens with zero attached hydrogens (tertiary/aromatic N) is 1. The minimum absolute atomic E-state index is 0.00792. The van der Waals surface area contributed by atoms with E-state index in [0.29, 0.717) is 5.56 Å². The van der Waals surface area contributed by atoms with Gasteiger partial charge in [0, 0.05) is 28.7 Å². The van der Waals surface area contributed by atoms with E-state index in [9.17, 15) is 19.1 Å². The molecule has 0 spiro atoms. The Balaban J connectivity index is 2.74. The molecule has 1 N–H and O–H groups in total. The highest BCUT2D eigenvalue weighted by Crippen LogP contribution is 2.14. The van der Waals surface area contributed by atoms with Gasteiger partial charge in [0.05, 0.1) is 4.92 Å². The number of hydrogen-bond donors (Lipinski definition) is 1. The smallest absolute Gasteiger partial charge is 0.316 e. The molecule has 0 aliphatic rings. The van der Waals surface area contributed by atoms with Gasteiger partial charge in [0.2, 0.25) is 0 Å². The lowest BCUT2D eigenvalue weighted by molar-refractivity contribution is -0.384. The maximum atomic E-state index is 11.3. The van der Waals surface area contributed by atoms with Gasteiger partial charge in [-0.2, -0.15) is 0 Å². The summed E-state index contributed by atoms with van der Waals surface area (Å²) in [6, 6.07) is 5.67. The first-order chi connectivity index (χ1) is 7.49.